The van der Waals surface area contributed by atoms with Gasteiger partial charge in [-0.15, -0.1) is 11.3 Å². The van der Waals surface area contributed by atoms with Crippen LogP contribution in [0.3, 0.4) is 0 Å². The van der Waals surface area contributed by atoms with E-state index in [1.54, 1.807) is 23.1 Å². The van der Waals surface area contributed by atoms with E-state index in [-0.39, 0.29) is 0 Å². The van der Waals surface area contributed by atoms with Crippen LogP contribution in [-0.2, 0) is 0 Å². The van der Waals surface area contributed by atoms with Gasteiger partial charge in [0.1, 0.15) is 12.4 Å². The van der Waals surface area contributed by atoms with E-state index in [9.17, 15) is 0 Å². The van der Waals surface area contributed by atoms with E-state index >= 15 is 0 Å². The van der Waals surface area contributed by atoms with Gasteiger partial charge in [0.2, 0.25) is 0 Å². The van der Waals surface area contributed by atoms with Crippen LogP contribution in [0.15, 0.2) is 57.8 Å². The van der Waals surface area contributed by atoms with Gasteiger partial charge in [0, 0.05) is 11.4 Å². The average molecular weight is 359 g/mol. The van der Waals surface area contributed by atoms with Gasteiger partial charge in [-0.05, 0) is 43.4 Å². The molecular formula is C19H22N2OS2. The molecule has 0 aliphatic rings. The van der Waals surface area contributed by atoms with Crippen molar-refractivity contribution in [3.63, 3.8) is 0 Å². The minimum Gasteiger partial charge on any atom is -0.492 e. The van der Waals surface area contributed by atoms with Crippen LogP contribution in [0, 0.1) is 0 Å². The van der Waals surface area contributed by atoms with Crippen LogP contribution < -0.4 is 4.74 Å². The lowest BCUT2D eigenvalue weighted by Crippen LogP contribution is -2.27. The summed E-state index contributed by atoms with van der Waals surface area (Å²) < 4.78 is 8.15. The van der Waals surface area contributed by atoms with E-state index in [1.165, 1.54) is 9.60 Å². The molecule has 3 rings (SSSR count). The van der Waals surface area contributed by atoms with Gasteiger partial charge >= 0.3 is 0 Å². The number of thiazole rings is 1. The van der Waals surface area contributed by atoms with Crippen LogP contribution in [0.25, 0.3) is 10.2 Å². The summed E-state index contributed by atoms with van der Waals surface area (Å²) >= 11 is 3.42. The Labute approximate surface area is 151 Å². The summed E-state index contributed by atoms with van der Waals surface area (Å²) in [5, 5.41) is 0. The fourth-order valence-corrected chi connectivity index (χ4v) is 4.53. The minimum atomic E-state index is 0.720. The lowest BCUT2D eigenvalue weighted by Gasteiger charge is -2.17. The second-order valence-corrected chi connectivity index (χ2v) is 7.75. The fraction of sp³-hybridized carbons (Fsp3) is 0.316. The van der Waals surface area contributed by atoms with E-state index in [1.807, 2.05) is 18.2 Å². The molecule has 0 bridgehead atoms. The van der Waals surface area contributed by atoms with Crippen LogP contribution >= 0.6 is 23.1 Å². The molecule has 0 atom stereocenters. The molecule has 3 nitrogen and oxygen atoms in total. The Morgan fingerprint density at radius 2 is 1.88 bits per heavy atom. The predicted octanol–water partition coefficient (Wildman–Crippen LogP) is 5.17. The van der Waals surface area contributed by atoms with Crippen LogP contribution in [0.4, 0.5) is 0 Å². The van der Waals surface area contributed by atoms with Crippen molar-refractivity contribution in [3.8, 4) is 5.75 Å². The van der Waals surface area contributed by atoms with Crippen LogP contribution in [0.1, 0.15) is 13.8 Å². The molecule has 0 aliphatic carbocycles. The number of nitrogens with zero attached hydrogens (tertiary/aromatic N) is 2. The molecule has 0 unspecified atom stereocenters. The van der Waals surface area contributed by atoms with Gasteiger partial charge in [0.15, 0.2) is 4.34 Å². The van der Waals surface area contributed by atoms with Crippen molar-refractivity contribution < 1.29 is 4.74 Å². The molecule has 0 aliphatic heterocycles. The highest BCUT2D eigenvalue weighted by molar-refractivity contribution is 8.01. The van der Waals surface area contributed by atoms with E-state index in [0.29, 0.717) is 0 Å². The number of likely N-dealkylation sites (N-methyl/N-ethyl adjacent to an activating group) is 1. The monoisotopic (exact) mass is 358 g/mol. The Kier molecular flexibility index (Phi) is 6.12. The number of rotatable bonds is 8. The highest BCUT2D eigenvalue weighted by Gasteiger charge is 2.07. The molecule has 0 radical (unpaired) electrons. The van der Waals surface area contributed by atoms with E-state index in [2.05, 4.69) is 49.1 Å². The van der Waals surface area contributed by atoms with Crippen LogP contribution in [0.5, 0.6) is 5.75 Å². The number of fused-ring (bicyclic) bond motifs is 1. The highest BCUT2D eigenvalue weighted by Crippen LogP contribution is 2.35. The first-order valence-electron chi connectivity index (χ1n) is 8.27. The molecule has 126 valence electrons. The summed E-state index contributed by atoms with van der Waals surface area (Å²) in [6.45, 7) is 8.17. The molecule has 0 saturated carbocycles. The van der Waals surface area contributed by atoms with Gasteiger partial charge in [-0.1, -0.05) is 43.8 Å². The zero-order valence-electron chi connectivity index (χ0n) is 14.1. The van der Waals surface area contributed by atoms with Crippen molar-refractivity contribution in [2.24, 2.45) is 0 Å². The normalized spacial score (nSPS) is 11.3. The zero-order chi connectivity index (χ0) is 16.8. The zero-order valence-corrected chi connectivity index (χ0v) is 15.7. The summed E-state index contributed by atoms with van der Waals surface area (Å²) in [4.78, 5) is 8.28. The van der Waals surface area contributed by atoms with Gasteiger partial charge in [-0.3, -0.25) is 0 Å². The SMILES string of the molecule is CCN(CC)CCOc1ccc2nc(Sc3ccccc3)sc2c1. The smallest absolute Gasteiger partial charge is 0.155 e. The van der Waals surface area contributed by atoms with Crippen molar-refractivity contribution in [1.29, 1.82) is 0 Å². The maximum atomic E-state index is 5.91. The molecule has 2 aromatic carbocycles. The summed E-state index contributed by atoms with van der Waals surface area (Å²) in [7, 11) is 0. The Bertz CT molecular complexity index is 769. The lowest BCUT2D eigenvalue weighted by atomic mass is 10.3. The third-order valence-electron chi connectivity index (χ3n) is 3.86. The maximum absolute atomic E-state index is 5.91. The third kappa shape index (κ3) is 4.50. The molecular weight excluding hydrogens is 336 g/mol. The molecule has 0 amide bonds. The molecule has 3 aromatic rings. The van der Waals surface area contributed by atoms with Crippen LogP contribution in [0.2, 0.25) is 0 Å². The standard InChI is InChI=1S/C19H22N2OS2/c1-3-21(4-2)12-13-22-15-10-11-17-18(14-15)24-19(20-17)23-16-8-6-5-7-9-16/h5-11,14H,3-4,12-13H2,1-2H3. The Hall–Kier alpha value is -1.56. The summed E-state index contributed by atoms with van der Waals surface area (Å²) in [6, 6.07) is 16.5. The quantitative estimate of drug-likeness (QED) is 0.555. The average Bonchev–Trinajstić information content (AvgIpc) is 3.01. The van der Waals surface area contributed by atoms with Crippen molar-refractivity contribution in [3.05, 3.63) is 48.5 Å². The molecule has 0 spiro atoms. The largest absolute Gasteiger partial charge is 0.492 e. The van der Waals surface area contributed by atoms with Crippen LogP contribution in [-0.4, -0.2) is 36.1 Å². The van der Waals surface area contributed by atoms with Crippen molar-refractivity contribution in [1.82, 2.24) is 9.88 Å². The first-order chi connectivity index (χ1) is 11.8. The summed E-state index contributed by atoms with van der Waals surface area (Å²) in [5.41, 5.74) is 1.04. The van der Waals surface area contributed by atoms with Crippen molar-refractivity contribution >= 4 is 33.3 Å². The molecule has 0 N–H and O–H groups in total. The van der Waals surface area contributed by atoms with E-state index < -0.39 is 0 Å². The third-order valence-corrected chi connectivity index (χ3v) is 5.95. The molecule has 0 fully saturated rings. The molecule has 5 heteroatoms. The van der Waals surface area contributed by atoms with Crippen molar-refractivity contribution in [2.45, 2.75) is 23.1 Å². The number of aromatic nitrogens is 1. The Balaban J connectivity index is 1.65. The lowest BCUT2D eigenvalue weighted by molar-refractivity contribution is 0.223. The fourth-order valence-electron chi connectivity index (χ4n) is 2.44. The topological polar surface area (TPSA) is 25.4 Å². The second-order valence-electron chi connectivity index (χ2n) is 5.40. The summed E-state index contributed by atoms with van der Waals surface area (Å²) in [5.74, 6) is 0.926. The second kappa shape index (κ2) is 8.51. The molecule has 0 saturated heterocycles. The van der Waals surface area contributed by atoms with Crippen molar-refractivity contribution in [2.75, 3.05) is 26.2 Å². The molecule has 24 heavy (non-hydrogen) atoms. The minimum absolute atomic E-state index is 0.720. The maximum Gasteiger partial charge on any atom is 0.155 e. The van der Waals surface area contributed by atoms with Gasteiger partial charge in [-0.25, -0.2) is 4.98 Å². The van der Waals surface area contributed by atoms with E-state index in [4.69, 9.17) is 9.72 Å². The number of ether oxygens (including phenoxy) is 1. The highest BCUT2D eigenvalue weighted by atomic mass is 32.2. The molecule has 1 aromatic heterocycles. The first-order valence-corrected chi connectivity index (χ1v) is 9.90. The predicted molar refractivity (Wildman–Crippen MR) is 103 cm³/mol. The number of hydrogen-bond acceptors (Lipinski definition) is 5. The Morgan fingerprint density at radius 1 is 1.08 bits per heavy atom. The van der Waals surface area contributed by atoms with Gasteiger partial charge in [0.25, 0.3) is 0 Å². The molecule has 1 heterocycles. The Morgan fingerprint density at radius 3 is 2.62 bits per heavy atom. The number of hydrogen-bond donors (Lipinski definition) is 0. The first kappa shape index (κ1) is 17.3. The van der Waals surface area contributed by atoms with E-state index in [0.717, 1.165) is 41.8 Å². The van der Waals surface area contributed by atoms with Gasteiger partial charge in [-0.2, -0.15) is 0 Å². The van der Waals surface area contributed by atoms with Gasteiger partial charge in [0.05, 0.1) is 10.2 Å². The summed E-state index contributed by atoms with van der Waals surface area (Å²) in [6.07, 6.45) is 0. The van der Waals surface area contributed by atoms with Gasteiger partial charge < -0.3 is 9.64 Å². The number of benzene rings is 2.